The van der Waals surface area contributed by atoms with E-state index in [4.69, 9.17) is 4.42 Å². The number of hydrogen-bond acceptors (Lipinski definition) is 8. The normalized spacial score (nSPS) is 12.1. The number of aromatic nitrogens is 4. The molecule has 0 aliphatic rings. The summed E-state index contributed by atoms with van der Waals surface area (Å²) in [6, 6.07) is 25.6. The first-order chi connectivity index (χ1) is 21.2. The molecule has 7 rings (SSSR count). The maximum absolute atomic E-state index is 13.7. The lowest BCUT2D eigenvalue weighted by atomic mass is 10.0. The number of anilines is 1. The van der Waals surface area contributed by atoms with Gasteiger partial charge in [-0.3, -0.25) is 4.79 Å². The molecule has 3 aromatic carbocycles. The zero-order chi connectivity index (χ0) is 30.5. The van der Waals surface area contributed by atoms with E-state index in [-0.39, 0.29) is 32.4 Å². The molecule has 0 saturated carbocycles. The summed E-state index contributed by atoms with van der Waals surface area (Å²) >= 11 is 0. The lowest BCUT2D eigenvalue weighted by Crippen LogP contribution is -2.14. The Morgan fingerprint density at radius 3 is 2.16 bits per heavy atom. The molecule has 1 amide bonds. The van der Waals surface area contributed by atoms with E-state index >= 15 is 0 Å². The number of nitrogens with one attached hydrogen (secondary N) is 1. The zero-order valence-electron chi connectivity index (χ0n) is 22.6. The molecule has 7 aromatic rings. The van der Waals surface area contributed by atoms with Crippen molar-refractivity contribution in [2.24, 2.45) is 0 Å². The summed E-state index contributed by atoms with van der Waals surface area (Å²) in [5, 5.41) is 7.86. The summed E-state index contributed by atoms with van der Waals surface area (Å²) in [6.45, 7) is 0. The summed E-state index contributed by atoms with van der Waals surface area (Å²) in [5.41, 5.74) is 1.69. The summed E-state index contributed by atoms with van der Waals surface area (Å²) < 4.78 is 61.5. The van der Waals surface area contributed by atoms with Crippen molar-refractivity contribution < 1.29 is 26.0 Å². The highest BCUT2D eigenvalue weighted by atomic mass is 32.2. The molecule has 218 valence electrons. The Morgan fingerprint density at radius 2 is 1.48 bits per heavy atom. The van der Waals surface area contributed by atoms with Crippen LogP contribution in [0.25, 0.3) is 33.1 Å². The van der Waals surface area contributed by atoms with Crippen LogP contribution in [0.3, 0.4) is 0 Å². The Hall–Kier alpha value is -5.53. The number of furan rings is 1. The van der Waals surface area contributed by atoms with Gasteiger partial charge in [-0.1, -0.05) is 36.4 Å². The minimum Gasteiger partial charge on any atom is -0.459 e. The largest absolute Gasteiger partial charge is 0.459 e. The standard InChI is InChI=1S/C31H21N5O6S2/c37-31(29-12-7-17-42-29)34-27-18-21(19-28-26(27)20-33-36(28)44(40,41)23-10-5-2-6-11-23)24-13-15-32-30-25(24)14-16-35(30)43(38,39)22-8-3-1-4-9-22/h1-20H,(H,34,37). The molecular weight excluding hydrogens is 603 g/mol. The number of carbonyl (C=O) groups excluding carboxylic acids is 1. The second-order valence-electron chi connectivity index (χ2n) is 9.72. The summed E-state index contributed by atoms with van der Waals surface area (Å²) in [5.74, 6) is -0.491. The summed E-state index contributed by atoms with van der Waals surface area (Å²) in [4.78, 5) is 17.5. The van der Waals surface area contributed by atoms with Crippen LogP contribution in [0.2, 0.25) is 0 Å². The van der Waals surface area contributed by atoms with Gasteiger partial charge in [-0.05, 0) is 71.8 Å². The van der Waals surface area contributed by atoms with Crippen LogP contribution in [-0.4, -0.2) is 40.9 Å². The van der Waals surface area contributed by atoms with Gasteiger partial charge in [0.1, 0.15) is 0 Å². The monoisotopic (exact) mass is 623 g/mol. The molecule has 13 heteroatoms. The van der Waals surface area contributed by atoms with Gasteiger partial charge in [0.15, 0.2) is 11.4 Å². The predicted molar refractivity (Wildman–Crippen MR) is 163 cm³/mol. The Balaban J connectivity index is 1.44. The van der Waals surface area contributed by atoms with Gasteiger partial charge in [-0.15, -0.1) is 0 Å². The second kappa shape index (κ2) is 10.3. The highest BCUT2D eigenvalue weighted by Crippen LogP contribution is 2.36. The van der Waals surface area contributed by atoms with Crippen LogP contribution in [0, 0.1) is 0 Å². The molecule has 0 fully saturated rings. The van der Waals surface area contributed by atoms with Gasteiger partial charge in [-0.2, -0.15) is 17.6 Å². The Bertz CT molecular complexity index is 2400. The predicted octanol–water partition coefficient (Wildman–Crippen LogP) is 5.37. The number of fused-ring (bicyclic) bond motifs is 2. The molecule has 4 heterocycles. The number of pyridine rings is 1. The highest BCUT2D eigenvalue weighted by molar-refractivity contribution is 7.90. The van der Waals surface area contributed by atoms with Gasteiger partial charge < -0.3 is 9.73 Å². The molecule has 4 aromatic heterocycles. The SMILES string of the molecule is O=C(Nc1cc(-c2ccnc3c2ccn3S(=O)(=O)c2ccccc2)cc2c1cnn2S(=O)(=O)c1ccccc1)c1ccco1. The number of nitrogens with zero attached hydrogens (tertiary/aromatic N) is 4. The first-order valence-electron chi connectivity index (χ1n) is 13.2. The smallest absolute Gasteiger partial charge is 0.291 e. The quantitative estimate of drug-likeness (QED) is 0.249. The second-order valence-corrected chi connectivity index (χ2v) is 13.3. The van der Waals surface area contributed by atoms with E-state index in [2.05, 4.69) is 15.4 Å². The van der Waals surface area contributed by atoms with E-state index in [1.165, 1.54) is 55.2 Å². The average molecular weight is 624 g/mol. The molecule has 1 N–H and O–H groups in total. The number of rotatable bonds is 7. The molecule has 11 nitrogen and oxygen atoms in total. The van der Waals surface area contributed by atoms with Gasteiger partial charge in [-0.25, -0.2) is 17.4 Å². The first-order valence-corrected chi connectivity index (χ1v) is 16.1. The molecule has 0 aliphatic heterocycles. The van der Waals surface area contributed by atoms with Gasteiger partial charge in [0.05, 0.1) is 33.5 Å². The van der Waals surface area contributed by atoms with Crippen molar-refractivity contribution in [2.75, 3.05) is 5.32 Å². The van der Waals surface area contributed by atoms with Crippen molar-refractivity contribution in [2.45, 2.75) is 9.79 Å². The van der Waals surface area contributed by atoms with Crippen LogP contribution in [0.5, 0.6) is 0 Å². The van der Waals surface area contributed by atoms with Crippen molar-refractivity contribution in [3.63, 3.8) is 0 Å². The highest BCUT2D eigenvalue weighted by Gasteiger charge is 2.25. The van der Waals surface area contributed by atoms with Crippen molar-refractivity contribution in [1.29, 1.82) is 0 Å². The van der Waals surface area contributed by atoms with Crippen LogP contribution in [-0.2, 0) is 20.0 Å². The molecular formula is C31H21N5O6S2. The number of carbonyl (C=O) groups is 1. The molecule has 0 aliphatic carbocycles. The van der Waals surface area contributed by atoms with Crippen LogP contribution >= 0.6 is 0 Å². The molecule has 0 radical (unpaired) electrons. The molecule has 0 saturated heterocycles. The lowest BCUT2D eigenvalue weighted by Gasteiger charge is -2.12. The van der Waals surface area contributed by atoms with E-state index in [9.17, 15) is 21.6 Å². The fraction of sp³-hybridized carbons (Fsp3) is 0. The Kier molecular flexibility index (Phi) is 6.41. The Labute approximate surface area is 251 Å². The number of benzene rings is 3. The molecule has 0 bridgehead atoms. The maximum atomic E-state index is 13.7. The summed E-state index contributed by atoms with van der Waals surface area (Å²) in [6.07, 6.45) is 5.62. The molecule has 44 heavy (non-hydrogen) atoms. The van der Waals surface area contributed by atoms with Gasteiger partial charge in [0.25, 0.3) is 26.0 Å². The van der Waals surface area contributed by atoms with Crippen LogP contribution in [0.1, 0.15) is 10.6 Å². The van der Waals surface area contributed by atoms with Crippen LogP contribution in [0.4, 0.5) is 5.69 Å². The van der Waals surface area contributed by atoms with E-state index in [0.717, 1.165) is 8.06 Å². The third-order valence-corrected chi connectivity index (χ3v) is 10.4. The van der Waals surface area contributed by atoms with Crippen LogP contribution in [0.15, 0.2) is 136 Å². The fourth-order valence-corrected chi connectivity index (χ4v) is 7.61. The average Bonchev–Trinajstić information content (AvgIpc) is 3.82. The van der Waals surface area contributed by atoms with Crippen molar-refractivity contribution in [3.8, 4) is 11.1 Å². The zero-order valence-corrected chi connectivity index (χ0v) is 24.2. The lowest BCUT2D eigenvalue weighted by molar-refractivity contribution is 0.0997. The number of hydrogen-bond donors (Lipinski definition) is 1. The van der Waals surface area contributed by atoms with Gasteiger partial charge in [0, 0.05) is 23.2 Å². The van der Waals surface area contributed by atoms with E-state index in [0.29, 0.717) is 21.9 Å². The van der Waals surface area contributed by atoms with Crippen molar-refractivity contribution in [1.82, 2.24) is 18.1 Å². The molecule has 0 spiro atoms. The van der Waals surface area contributed by atoms with E-state index in [1.54, 1.807) is 66.7 Å². The fourth-order valence-electron chi connectivity index (χ4n) is 5.01. The minimum absolute atomic E-state index is 0.0334. The Morgan fingerprint density at radius 1 is 0.773 bits per heavy atom. The maximum Gasteiger partial charge on any atom is 0.291 e. The molecule has 0 unspecified atom stereocenters. The van der Waals surface area contributed by atoms with Crippen molar-refractivity contribution >= 4 is 53.6 Å². The number of amides is 1. The topological polar surface area (TPSA) is 146 Å². The minimum atomic E-state index is -4.12. The van der Waals surface area contributed by atoms with Gasteiger partial charge >= 0.3 is 0 Å². The third kappa shape index (κ3) is 4.46. The van der Waals surface area contributed by atoms with E-state index < -0.39 is 26.0 Å². The first kappa shape index (κ1) is 27.3. The van der Waals surface area contributed by atoms with Crippen LogP contribution < -0.4 is 5.32 Å². The third-order valence-electron chi connectivity index (χ3n) is 7.08. The van der Waals surface area contributed by atoms with E-state index in [1.807, 2.05) is 0 Å². The molecule has 0 atom stereocenters. The van der Waals surface area contributed by atoms with Crippen molar-refractivity contribution in [3.05, 3.63) is 128 Å². The van der Waals surface area contributed by atoms with Gasteiger partial charge in [0.2, 0.25) is 0 Å². The summed E-state index contributed by atoms with van der Waals surface area (Å²) in [7, 11) is -8.08.